The number of amides is 1. The number of fused-ring (bicyclic) bond motifs is 1. The van der Waals surface area contributed by atoms with Crippen molar-refractivity contribution in [1.82, 2.24) is 20.1 Å². The number of aromatic nitrogens is 3. The van der Waals surface area contributed by atoms with Crippen LogP contribution in [0.4, 0.5) is 0 Å². The summed E-state index contributed by atoms with van der Waals surface area (Å²) in [6.07, 6.45) is 2.67. The molecule has 0 atom stereocenters. The highest BCUT2D eigenvalue weighted by Crippen LogP contribution is 2.14. The Labute approximate surface area is 129 Å². The molecule has 22 heavy (non-hydrogen) atoms. The number of benzene rings is 1. The zero-order valence-electron chi connectivity index (χ0n) is 13.1. The highest BCUT2D eigenvalue weighted by molar-refractivity contribution is 5.97. The van der Waals surface area contributed by atoms with Crippen LogP contribution in [0.5, 0.6) is 0 Å². The maximum absolute atomic E-state index is 12.2. The van der Waals surface area contributed by atoms with Crippen LogP contribution in [0.25, 0.3) is 10.9 Å². The highest BCUT2D eigenvalue weighted by Gasteiger charge is 2.10. The van der Waals surface area contributed by atoms with Crippen LogP contribution in [0.15, 0.2) is 30.5 Å². The van der Waals surface area contributed by atoms with E-state index in [2.05, 4.69) is 22.3 Å². The second kappa shape index (κ2) is 5.67. The van der Waals surface area contributed by atoms with Crippen LogP contribution in [-0.2, 0) is 13.5 Å². The Morgan fingerprint density at radius 2 is 2.14 bits per heavy atom. The van der Waals surface area contributed by atoms with E-state index >= 15 is 0 Å². The lowest BCUT2D eigenvalue weighted by molar-refractivity contribution is 0.0954. The first kappa shape index (κ1) is 14.4. The van der Waals surface area contributed by atoms with Gasteiger partial charge in [-0.25, -0.2) is 0 Å². The smallest absolute Gasteiger partial charge is 0.251 e. The molecule has 2 N–H and O–H groups in total. The molecule has 114 valence electrons. The number of hydrogen-bond acceptors (Lipinski definition) is 2. The minimum atomic E-state index is -0.0457. The fraction of sp³-hybridized carbons (Fsp3) is 0.294. The van der Waals surface area contributed by atoms with Crippen LogP contribution in [0, 0.1) is 13.8 Å². The second-order valence-corrected chi connectivity index (χ2v) is 5.56. The van der Waals surface area contributed by atoms with Gasteiger partial charge < -0.3 is 10.3 Å². The predicted molar refractivity (Wildman–Crippen MR) is 87.0 cm³/mol. The molecular weight excluding hydrogens is 276 g/mol. The molecule has 0 fully saturated rings. The van der Waals surface area contributed by atoms with E-state index in [0.717, 1.165) is 28.7 Å². The molecule has 5 heteroatoms. The third kappa shape index (κ3) is 2.62. The number of nitrogens with one attached hydrogen (secondary N) is 2. The van der Waals surface area contributed by atoms with Gasteiger partial charge in [-0.2, -0.15) is 5.10 Å². The van der Waals surface area contributed by atoms with Crippen molar-refractivity contribution in [2.45, 2.75) is 20.3 Å². The number of carbonyl (C=O) groups excluding carboxylic acids is 1. The Morgan fingerprint density at radius 3 is 2.86 bits per heavy atom. The molecule has 0 saturated heterocycles. The first-order valence-electron chi connectivity index (χ1n) is 7.40. The molecule has 0 spiro atoms. The molecule has 5 nitrogen and oxygen atoms in total. The summed E-state index contributed by atoms with van der Waals surface area (Å²) in [6.45, 7) is 4.66. The zero-order valence-corrected chi connectivity index (χ0v) is 13.1. The van der Waals surface area contributed by atoms with Gasteiger partial charge >= 0.3 is 0 Å². The summed E-state index contributed by atoms with van der Waals surface area (Å²) in [4.78, 5) is 15.4. The van der Waals surface area contributed by atoms with Crippen molar-refractivity contribution in [3.63, 3.8) is 0 Å². The number of rotatable bonds is 4. The van der Waals surface area contributed by atoms with E-state index in [1.165, 1.54) is 5.56 Å². The molecular formula is C17H20N4O. The van der Waals surface area contributed by atoms with Gasteiger partial charge in [-0.3, -0.25) is 9.48 Å². The Morgan fingerprint density at radius 1 is 1.32 bits per heavy atom. The minimum Gasteiger partial charge on any atom is -0.361 e. The molecule has 2 aromatic heterocycles. The third-order valence-corrected chi connectivity index (χ3v) is 4.14. The zero-order chi connectivity index (χ0) is 15.7. The predicted octanol–water partition coefficient (Wildman–Crippen LogP) is 2.49. The van der Waals surface area contributed by atoms with Crippen molar-refractivity contribution in [3.05, 3.63) is 53.0 Å². The van der Waals surface area contributed by atoms with Crippen molar-refractivity contribution < 1.29 is 4.79 Å². The Kier molecular flexibility index (Phi) is 3.71. The summed E-state index contributed by atoms with van der Waals surface area (Å²) in [5, 5.41) is 8.48. The lowest BCUT2D eigenvalue weighted by Gasteiger charge is -2.06. The summed E-state index contributed by atoms with van der Waals surface area (Å²) in [5.41, 5.74) is 5.05. The second-order valence-electron chi connectivity index (χ2n) is 5.56. The Balaban J connectivity index is 1.64. The van der Waals surface area contributed by atoms with Crippen LogP contribution in [0.3, 0.4) is 0 Å². The molecule has 0 saturated carbocycles. The molecule has 0 unspecified atom stereocenters. The lowest BCUT2D eigenvalue weighted by atomic mass is 10.1. The first-order valence-corrected chi connectivity index (χ1v) is 7.40. The lowest BCUT2D eigenvalue weighted by Crippen LogP contribution is -2.25. The van der Waals surface area contributed by atoms with Crippen LogP contribution in [0.1, 0.15) is 27.3 Å². The normalized spacial score (nSPS) is 11.0. The summed E-state index contributed by atoms with van der Waals surface area (Å²) < 4.78 is 1.88. The number of aryl methyl sites for hydroxylation is 2. The Bertz CT molecular complexity index is 828. The molecule has 0 bridgehead atoms. The first-order chi connectivity index (χ1) is 10.6. The van der Waals surface area contributed by atoms with Crippen molar-refractivity contribution in [1.29, 1.82) is 0 Å². The van der Waals surface area contributed by atoms with Gasteiger partial charge in [0.1, 0.15) is 0 Å². The molecule has 0 aliphatic carbocycles. The number of aromatic amines is 1. The van der Waals surface area contributed by atoms with Crippen LogP contribution in [0.2, 0.25) is 0 Å². The van der Waals surface area contributed by atoms with E-state index in [-0.39, 0.29) is 5.91 Å². The number of H-pyrrole nitrogens is 1. The average molecular weight is 296 g/mol. The van der Waals surface area contributed by atoms with E-state index < -0.39 is 0 Å². The van der Waals surface area contributed by atoms with Gasteiger partial charge in [0.05, 0.1) is 5.69 Å². The third-order valence-electron chi connectivity index (χ3n) is 4.14. The highest BCUT2D eigenvalue weighted by atomic mass is 16.1. The van der Waals surface area contributed by atoms with Gasteiger partial charge in [0.15, 0.2) is 0 Å². The van der Waals surface area contributed by atoms with Crippen molar-refractivity contribution >= 4 is 16.8 Å². The standard InChI is InChI=1S/C17H20N4O/c1-11-15(12(2)21(3)20-11)7-9-19-17(22)14-5-4-13-6-8-18-16(13)10-14/h4-6,8,10,18H,7,9H2,1-3H3,(H,19,22). The fourth-order valence-electron chi connectivity index (χ4n) is 2.77. The summed E-state index contributed by atoms with van der Waals surface area (Å²) >= 11 is 0. The van der Waals surface area contributed by atoms with Gasteiger partial charge in [-0.1, -0.05) is 6.07 Å². The summed E-state index contributed by atoms with van der Waals surface area (Å²) in [5.74, 6) is -0.0457. The molecule has 1 aromatic carbocycles. The molecule has 2 heterocycles. The quantitative estimate of drug-likeness (QED) is 0.777. The number of carbonyl (C=O) groups is 1. The monoisotopic (exact) mass is 296 g/mol. The maximum atomic E-state index is 12.2. The van der Waals surface area contributed by atoms with Gasteiger partial charge in [-0.15, -0.1) is 0 Å². The SMILES string of the molecule is Cc1nn(C)c(C)c1CCNC(=O)c1ccc2cc[nH]c2c1. The van der Waals surface area contributed by atoms with Crippen molar-refractivity contribution in [2.24, 2.45) is 7.05 Å². The number of nitrogens with zero attached hydrogens (tertiary/aromatic N) is 2. The van der Waals surface area contributed by atoms with Crippen LogP contribution in [-0.4, -0.2) is 27.2 Å². The molecule has 0 aliphatic heterocycles. The largest absolute Gasteiger partial charge is 0.361 e. The summed E-state index contributed by atoms with van der Waals surface area (Å²) in [6, 6.07) is 7.68. The number of hydrogen-bond donors (Lipinski definition) is 2. The van der Waals surface area contributed by atoms with Gasteiger partial charge in [0.25, 0.3) is 5.91 Å². The van der Waals surface area contributed by atoms with E-state index in [9.17, 15) is 4.79 Å². The minimum absolute atomic E-state index is 0.0457. The average Bonchev–Trinajstić information content (AvgIpc) is 3.06. The maximum Gasteiger partial charge on any atom is 0.251 e. The molecule has 1 amide bonds. The fourth-order valence-corrected chi connectivity index (χ4v) is 2.77. The molecule has 3 rings (SSSR count). The van der Waals surface area contributed by atoms with E-state index in [1.807, 2.05) is 49.1 Å². The van der Waals surface area contributed by atoms with E-state index in [0.29, 0.717) is 12.1 Å². The molecule has 3 aromatic rings. The molecule has 0 aliphatic rings. The van der Waals surface area contributed by atoms with Gasteiger partial charge in [0, 0.05) is 36.6 Å². The molecule has 0 radical (unpaired) electrons. The van der Waals surface area contributed by atoms with Gasteiger partial charge in [-0.05, 0) is 49.4 Å². The van der Waals surface area contributed by atoms with Crippen LogP contribution < -0.4 is 5.32 Å². The van der Waals surface area contributed by atoms with E-state index in [4.69, 9.17) is 0 Å². The van der Waals surface area contributed by atoms with Gasteiger partial charge in [0.2, 0.25) is 0 Å². The Hall–Kier alpha value is -2.56. The van der Waals surface area contributed by atoms with Crippen LogP contribution >= 0.6 is 0 Å². The van der Waals surface area contributed by atoms with E-state index in [1.54, 1.807) is 0 Å². The topological polar surface area (TPSA) is 62.7 Å². The van der Waals surface area contributed by atoms with Crippen molar-refractivity contribution in [3.8, 4) is 0 Å². The summed E-state index contributed by atoms with van der Waals surface area (Å²) in [7, 11) is 1.94. The van der Waals surface area contributed by atoms with Crippen molar-refractivity contribution in [2.75, 3.05) is 6.54 Å².